The van der Waals surface area contributed by atoms with E-state index < -0.39 is 0 Å². The summed E-state index contributed by atoms with van der Waals surface area (Å²) in [5.41, 5.74) is 0.507. The normalized spacial score (nSPS) is 16.9. The van der Waals surface area contributed by atoms with Gasteiger partial charge in [-0.05, 0) is 36.1 Å². The van der Waals surface area contributed by atoms with Gasteiger partial charge in [-0.25, -0.2) is 0 Å². The lowest BCUT2D eigenvalue weighted by Crippen LogP contribution is -2.49. The van der Waals surface area contributed by atoms with Gasteiger partial charge in [0.1, 0.15) is 0 Å². The first-order valence-corrected chi connectivity index (χ1v) is 9.37. The maximum atomic E-state index is 5.27. The number of hydrogen-bond acceptors (Lipinski definition) is 3. The molecule has 2 rings (SSSR count). The molecule has 0 amide bonds. The Labute approximate surface area is 167 Å². The van der Waals surface area contributed by atoms with Gasteiger partial charge in [0.05, 0.1) is 0 Å². The summed E-state index contributed by atoms with van der Waals surface area (Å²) in [7, 11) is 3.63. The molecule has 0 atom stereocenters. The fourth-order valence-corrected chi connectivity index (χ4v) is 3.91. The smallest absolute Gasteiger partial charge is 0.191 e. The van der Waals surface area contributed by atoms with Gasteiger partial charge >= 0.3 is 0 Å². The largest absolute Gasteiger partial charge is 0.385 e. The average Bonchev–Trinajstić information content (AvgIpc) is 3.04. The quantitative estimate of drug-likeness (QED) is 0.347. The van der Waals surface area contributed by atoms with Gasteiger partial charge in [0.15, 0.2) is 5.96 Å². The van der Waals surface area contributed by atoms with Crippen molar-refractivity contribution in [3.63, 3.8) is 0 Å². The van der Waals surface area contributed by atoms with Gasteiger partial charge in [-0.2, -0.15) is 0 Å². The summed E-state index contributed by atoms with van der Waals surface area (Å²) in [6.07, 6.45) is 5.05. The first-order chi connectivity index (χ1) is 11.0. The van der Waals surface area contributed by atoms with Crippen LogP contribution in [0.1, 0.15) is 44.4 Å². The van der Waals surface area contributed by atoms with Gasteiger partial charge in [0.25, 0.3) is 0 Å². The maximum Gasteiger partial charge on any atom is 0.191 e. The summed E-state index contributed by atoms with van der Waals surface area (Å²) in [5.74, 6) is 0.901. The first-order valence-electron chi connectivity index (χ1n) is 8.49. The van der Waals surface area contributed by atoms with Gasteiger partial charge < -0.3 is 15.4 Å². The number of halogens is 1. The molecule has 2 N–H and O–H groups in total. The summed E-state index contributed by atoms with van der Waals surface area (Å²) in [6.45, 7) is 7.24. The van der Waals surface area contributed by atoms with Crippen molar-refractivity contribution in [1.82, 2.24) is 10.6 Å². The van der Waals surface area contributed by atoms with Crippen molar-refractivity contribution in [3.8, 4) is 0 Å². The number of ether oxygens (including phenoxy) is 1. The second-order valence-electron chi connectivity index (χ2n) is 7.24. The van der Waals surface area contributed by atoms with E-state index in [1.54, 1.807) is 7.11 Å². The van der Waals surface area contributed by atoms with Gasteiger partial charge in [0.2, 0.25) is 0 Å². The van der Waals surface area contributed by atoms with Gasteiger partial charge in [-0.15, -0.1) is 35.3 Å². The maximum absolute atomic E-state index is 5.27. The van der Waals surface area contributed by atoms with Crippen LogP contribution in [0.15, 0.2) is 22.5 Å². The minimum atomic E-state index is 0. The van der Waals surface area contributed by atoms with E-state index in [4.69, 9.17) is 4.74 Å². The monoisotopic (exact) mass is 465 g/mol. The molecule has 6 heteroatoms. The molecule has 1 aliphatic carbocycles. The zero-order valence-corrected chi connectivity index (χ0v) is 18.5. The van der Waals surface area contributed by atoms with Crippen molar-refractivity contribution in [3.05, 3.63) is 22.4 Å². The fraction of sp³-hybridized carbons (Fsp3) is 0.722. The predicted molar refractivity (Wildman–Crippen MR) is 115 cm³/mol. The topological polar surface area (TPSA) is 45.7 Å². The number of aliphatic imine (C=N–C) groups is 1. The molecule has 0 aliphatic heterocycles. The van der Waals surface area contributed by atoms with Crippen molar-refractivity contribution in [2.45, 2.75) is 44.9 Å². The summed E-state index contributed by atoms with van der Waals surface area (Å²) in [6, 6.07) is 4.32. The van der Waals surface area contributed by atoms with Crippen LogP contribution in [-0.2, 0) is 10.2 Å². The molecule has 1 heterocycles. The highest BCUT2D eigenvalue weighted by atomic mass is 127. The molecule has 1 aromatic heterocycles. The Kier molecular flexibility index (Phi) is 9.01. The number of nitrogens with zero attached hydrogens (tertiary/aromatic N) is 1. The number of guanidine groups is 1. The van der Waals surface area contributed by atoms with Gasteiger partial charge in [0, 0.05) is 44.1 Å². The molecule has 0 radical (unpaired) electrons. The predicted octanol–water partition coefficient (Wildman–Crippen LogP) is 4.02. The van der Waals surface area contributed by atoms with E-state index in [-0.39, 0.29) is 29.4 Å². The molecule has 0 spiro atoms. The molecule has 4 nitrogen and oxygen atoms in total. The van der Waals surface area contributed by atoms with E-state index in [9.17, 15) is 0 Å². The van der Waals surface area contributed by atoms with Crippen LogP contribution in [0.4, 0.5) is 0 Å². The Balaban J connectivity index is 0.00000288. The Morgan fingerprint density at radius 2 is 2.12 bits per heavy atom. The van der Waals surface area contributed by atoms with Crippen LogP contribution >= 0.6 is 35.3 Å². The number of nitrogens with one attached hydrogen (secondary N) is 2. The Morgan fingerprint density at radius 3 is 2.62 bits per heavy atom. The van der Waals surface area contributed by atoms with E-state index in [0.29, 0.717) is 5.41 Å². The molecular weight excluding hydrogens is 433 g/mol. The number of methoxy groups -OCH3 is 1. The third-order valence-corrected chi connectivity index (χ3v) is 6.23. The molecule has 0 unspecified atom stereocenters. The number of rotatable bonds is 8. The van der Waals surface area contributed by atoms with E-state index in [1.807, 2.05) is 18.4 Å². The zero-order chi connectivity index (χ0) is 16.8. The summed E-state index contributed by atoms with van der Waals surface area (Å²) in [5, 5.41) is 9.15. The third-order valence-electron chi connectivity index (χ3n) is 4.99. The van der Waals surface area contributed by atoms with Crippen LogP contribution in [0.3, 0.4) is 0 Å². The summed E-state index contributed by atoms with van der Waals surface area (Å²) >= 11 is 1.81. The van der Waals surface area contributed by atoms with Crippen LogP contribution in [0.2, 0.25) is 0 Å². The van der Waals surface area contributed by atoms with E-state index >= 15 is 0 Å². The molecule has 0 saturated heterocycles. The third kappa shape index (κ3) is 5.88. The van der Waals surface area contributed by atoms with Crippen LogP contribution in [0.5, 0.6) is 0 Å². The van der Waals surface area contributed by atoms with Crippen molar-refractivity contribution in [2.75, 3.05) is 33.9 Å². The van der Waals surface area contributed by atoms with E-state index in [0.717, 1.165) is 32.1 Å². The van der Waals surface area contributed by atoms with Crippen molar-refractivity contribution in [2.24, 2.45) is 10.4 Å². The molecule has 1 fully saturated rings. The highest BCUT2D eigenvalue weighted by Crippen LogP contribution is 2.43. The second kappa shape index (κ2) is 9.97. The summed E-state index contributed by atoms with van der Waals surface area (Å²) in [4.78, 5) is 5.78. The van der Waals surface area contributed by atoms with Crippen LogP contribution in [0.25, 0.3) is 0 Å². The number of hydrogen-bond donors (Lipinski definition) is 2. The van der Waals surface area contributed by atoms with Crippen molar-refractivity contribution >= 4 is 41.3 Å². The average molecular weight is 465 g/mol. The fourth-order valence-electron chi connectivity index (χ4n) is 3.06. The minimum absolute atomic E-state index is 0. The molecular formula is C18H32IN3OS. The minimum Gasteiger partial charge on any atom is -0.385 e. The molecule has 0 bridgehead atoms. The van der Waals surface area contributed by atoms with E-state index in [1.165, 1.54) is 24.1 Å². The van der Waals surface area contributed by atoms with Gasteiger partial charge in [-0.1, -0.05) is 26.3 Å². The van der Waals surface area contributed by atoms with Crippen LogP contribution in [0, 0.1) is 5.41 Å². The molecule has 24 heavy (non-hydrogen) atoms. The summed E-state index contributed by atoms with van der Waals surface area (Å²) < 4.78 is 5.27. The van der Waals surface area contributed by atoms with Crippen molar-refractivity contribution < 1.29 is 4.74 Å². The first kappa shape index (κ1) is 21.7. The lowest BCUT2D eigenvalue weighted by Gasteiger charge is -2.42. The van der Waals surface area contributed by atoms with Gasteiger partial charge in [-0.3, -0.25) is 4.99 Å². The zero-order valence-electron chi connectivity index (χ0n) is 15.4. The molecule has 0 aromatic carbocycles. The van der Waals surface area contributed by atoms with Crippen LogP contribution < -0.4 is 10.6 Å². The highest BCUT2D eigenvalue weighted by Gasteiger charge is 2.36. The molecule has 1 saturated carbocycles. The van der Waals surface area contributed by atoms with Crippen molar-refractivity contribution in [1.29, 1.82) is 0 Å². The van der Waals surface area contributed by atoms with Crippen LogP contribution in [-0.4, -0.2) is 39.8 Å². The number of thiophene rings is 1. The lowest BCUT2D eigenvalue weighted by atomic mass is 9.67. The Bertz CT molecular complexity index is 498. The Hall–Kier alpha value is -0.340. The van der Waals surface area contributed by atoms with E-state index in [2.05, 4.69) is 47.0 Å². The molecule has 1 aliphatic rings. The lowest BCUT2D eigenvalue weighted by molar-refractivity contribution is 0.0732. The highest BCUT2D eigenvalue weighted by molar-refractivity contribution is 14.0. The molecule has 1 aromatic rings. The Morgan fingerprint density at radius 1 is 1.38 bits per heavy atom. The molecule has 138 valence electrons. The second-order valence-corrected chi connectivity index (χ2v) is 8.18. The standard InChI is InChI=1S/C18H31N3OS.HI/c1-17(2,15-7-5-12-23-15)13-20-16(19-3)21-14-18(8-6-9-18)10-11-22-4;/h5,7,12H,6,8-11,13-14H2,1-4H3,(H2,19,20,21);1H. The SMILES string of the molecule is CN=C(NCC1(CCOC)CCC1)NCC(C)(C)c1cccs1.I.